The average Bonchev–Trinajstić information content (AvgIpc) is 2.38. The third kappa shape index (κ3) is 4.51. The van der Waals surface area contributed by atoms with E-state index in [1.165, 1.54) is 7.11 Å². The Morgan fingerprint density at radius 3 is 2.84 bits per heavy atom. The number of carbonyl (C=O) groups excluding carboxylic acids is 1. The number of esters is 1. The highest BCUT2D eigenvalue weighted by Crippen LogP contribution is 2.30. The number of hydrogen-bond donors (Lipinski definition) is 2. The third-order valence-corrected chi connectivity index (χ3v) is 3.92. The molecule has 0 amide bonds. The van der Waals surface area contributed by atoms with Gasteiger partial charge in [-0.3, -0.25) is 0 Å². The molecule has 1 unspecified atom stereocenters. The van der Waals surface area contributed by atoms with Crippen LogP contribution in [-0.4, -0.2) is 30.6 Å². The number of nitrogens with one attached hydrogen (secondary N) is 1. The number of benzene rings is 1. The molecular weight excluding hydrogens is 284 g/mol. The van der Waals surface area contributed by atoms with Gasteiger partial charge in [0.1, 0.15) is 0 Å². The fraction of sp³-hybridized carbons (Fsp3) is 0.462. The summed E-state index contributed by atoms with van der Waals surface area (Å²) in [5, 5.41) is 3.67. The Bertz CT molecular complexity index is 455. The summed E-state index contributed by atoms with van der Waals surface area (Å²) >= 11 is 7.97. The quantitative estimate of drug-likeness (QED) is 0.624. The molecule has 0 fully saturated rings. The molecule has 0 saturated carbocycles. The Morgan fingerprint density at radius 1 is 1.58 bits per heavy atom. The Kier molecular flexibility index (Phi) is 6.31. The van der Waals surface area contributed by atoms with Gasteiger partial charge in [-0.15, -0.1) is 0 Å². The van der Waals surface area contributed by atoms with Crippen LogP contribution < -0.4 is 11.1 Å². The maximum atomic E-state index is 11.8. The number of nitrogens with two attached hydrogens (primary N) is 1. The van der Waals surface area contributed by atoms with Crippen molar-refractivity contribution >= 4 is 40.7 Å². The van der Waals surface area contributed by atoms with Crippen LogP contribution in [0, 0.1) is 0 Å². The van der Waals surface area contributed by atoms with Crippen LogP contribution in [0.3, 0.4) is 0 Å². The maximum Gasteiger partial charge on any atom is 0.340 e. The second kappa shape index (κ2) is 7.50. The second-order valence-electron chi connectivity index (χ2n) is 4.12. The summed E-state index contributed by atoms with van der Waals surface area (Å²) in [7, 11) is 1.33. The zero-order valence-electron chi connectivity index (χ0n) is 11.3. The Hall–Kier alpha value is -1.07. The first-order chi connectivity index (χ1) is 8.99. The highest BCUT2D eigenvalue weighted by atomic mass is 35.5. The number of nitrogen functional groups attached to an aromatic ring is 1. The summed E-state index contributed by atoms with van der Waals surface area (Å²) in [5.41, 5.74) is 7.08. The SMILES string of the molecule is CCSCC(C)Nc1c(Cl)cc(N)cc1C(=O)OC. The van der Waals surface area contributed by atoms with Gasteiger partial charge in [-0.25, -0.2) is 4.79 Å². The van der Waals surface area contributed by atoms with Gasteiger partial charge in [0.05, 0.1) is 23.4 Å². The van der Waals surface area contributed by atoms with Gasteiger partial charge >= 0.3 is 5.97 Å². The van der Waals surface area contributed by atoms with Gasteiger partial charge < -0.3 is 15.8 Å². The van der Waals surface area contributed by atoms with Crippen molar-refractivity contribution < 1.29 is 9.53 Å². The minimum atomic E-state index is -0.452. The van der Waals surface area contributed by atoms with Gasteiger partial charge in [0.2, 0.25) is 0 Å². The first-order valence-corrected chi connectivity index (χ1v) is 7.54. The fourth-order valence-electron chi connectivity index (χ4n) is 1.63. The Morgan fingerprint density at radius 2 is 2.26 bits per heavy atom. The van der Waals surface area contributed by atoms with E-state index in [0.717, 1.165) is 11.5 Å². The Labute approximate surface area is 123 Å². The average molecular weight is 303 g/mol. The van der Waals surface area contributed by atoms with E-state index in [1.807, 2.05) is 18.7 Å². The van der Waals surface area contributed by atoms with E-state index in [0.29, 0.717) is 22.0 Å². The van der Waals surface area contributed by atoms with Gasteiger partial charge in [0, 0.05) is 17.5 Å². The first-order valence-electron chi connectivity index (χ1n) is 6.01. The van der Waals surface area contributed by atoms with Gasteiger partial charge in [0.25, 0.3) is 0 Å². The second-order valence-corrected chi connectivity index (χ2v) is 5.85. The number of hydrogen-bond acceptors (Lipinski definition) is 5. The largest absolute Gasteiger partial charge is 0.465 e. The minimum absolute atomic E-state index is 0.189. The van der Waals surface area contributed by atoms with Crippen LogP contribution >= 0.6 is 23.4 Å². The molecule has 0 aliphatic heterocycles. The standard InChI is InChI=1S/C13H19ClN2O2S/c1-4-19-7-8(2)16-12-10(13(17)18-3)5-9(15)6-11(12)14/h5-6,8,16H,4,7,15H2,1-3H3. The van der Waals surface area contributed by atoms with Gasteiger partial charge in [-0.2, -0.15) is 11.8 Å². The van der Waals surface area contributed by atoms with Crippen LogP contribution in [0.4, 0.5) is 11.4 Å². The lowest BCUT2D eigenvalue weighted by Gasteiger charge is -2.18. The molecule has 1 rings (SSSR count). The first kappa shape index (κ1) is 16.0. The van der Waals surface area contributed by atoms with Crippen LogP contribution in [0.25, 0.3) is 0 Å². The Balaban J connectivity index is 3.00. The minimum Gasteiger partial charge on any atom is -0.465 e. The number of anilines is 2. The molecule has 0 saturated heterocycles. The molecule has 3 N–H and O–H groups in total. The molecule has 1 aromatic carbocycles. The number of ether oxygens (including phenoxy) is 1. The molecule has 0 bridgehead atoms. The lowest BCUT2D eigenvalue weighted by atomic mass is 10.1. The molecule has 1 atom stereocenters. The zero-order valence-corrected chi connectivity index (χ0v) is 12.9. The summed E-state index contributed by atoms with van der Waals surface area (Å²) < 4.78 is 4.75. The van der Waals surface area contributed by atoms with Crippen LogP contribution in [-0.2, 0) is 4.74 Å². The number of methoxy groups -OCH3 is 1. The van der Waals surface area contributed by atoms with Gasteiger partial charge in [-0.1, -0.05) is 18.5 Å². The molecule has 1 aromatic rings. The molecule has 0 spiro atoms. The third-order valence-electron chi connectivity index (χ3n) is 2.48. The van der Waals surface area contributed by atoms with Crippen molar-refractivity contribution in [3.8, 4) is 0 Å². The van der Waals surface area contributed by atoms with E-state index in [4.69, 9.17) is 22.1 Å². The van der Waals surface area contributed by atoms with E-state index in [-0.39, 0.29) is 6.04 Å². The monoisotopic (exact) mass is 302 g/mol. The van der Waals surface area contributed by atoms with Crippen LogP contribution in [0.15, 0.2) is 12.1 Å². The molecule has 6 heteroatoms. The number of rotatable bonds is 6. The lowest BCUT2D eigenvalue weighted by molar-refractivity contribution is 0.0602. The van der Waals surface area contributed by atoms with Crippen LogP contribution in [0.1, 0.15) is 24.2 Å². The van der Waals surface area contributed by atoms with Gasteiger partial charge in [0.15, 0.2) is 0 Å². The topological polar surface area (TPSA) is 64.3 Å². The van der Waals surface area contributed by atoms with E-state index >= 15 is 0 Å². The van der Waals surface area contributed by atoms with Gasteiger partial charge in [-0.05, 0) is 24.8 Å². The van der Waals surface area contributed by atoms with Crippen molar-refractivity contribution in [2.24, 2.45) is 0 Å². The normalized spacial score (nSPS) is 12.0. The lowest BCUT2D eigenvalue weighted by Crippen LogP contribution is -2.20. The maximum absolute atomic E-state index is 11.8. The van der Waals surface area contributed by atoms with Crippen molar-refractivity contribution in [3.05, 3.63) is 22.7 Å². The van der Waals surface area contributed by atoms with E-state index in [1.54, 1.807) is 12.1 Å². The highest BCUT2D eigenvalue weighted by molar-refractivity contribution is 7.99. The number of carbonyl (C=O) groups is 1. The zero-order chi connectivity index (χ0) is 14.4. The molecule has 0 heterocycles. The van der Waals surface area contributed by atoms with Crippen molar-refractivity contribution in [2.45, 2.75) is 19.9 Å². The molecule has 0 aliphatic carbocycles. The summed E-state index contributed by atoms with van der Waals surface area (Å²) in [6, 6.07) is 3.38. The van der Waals surface area contributed by atoms with E-state index < -0.39 is 5.97 Å². The number of thioether (sulfide) groups is 1. The smallest absolute Gasteiger partial charge is 0.340 e. The van der Waals surface area contributed by atoms with Crippen LogP contribution in [0.5, 0.6) is 0 Å². The van der Waals surface area contributed by atoms with Crippen LogP contribution in [0.2, 0.25) is 5.02 Å². The van der Waals surface area contributed by atoms with Crippen molar-refractivity contribution in [2.75, 3.05) is 29.7 Å². The molecule has 106 valence electrons. The van der Waals surface area contributed by atoms with Crippen molar-refractivity contribution in [3.63, 3.8) is 0 Å². The molecule has 0 radical (unpaired) electrons. The van der Waals surface area contributed by atoms with E-state index in [9.17, 15) is 4.79 Å². The highest BCUT2D eigenvalue weighted by Gasteiger charge is 2.17. The van der Waals surface area contributed by atoms with Crippen molar-refractivity contribution in [1.29, 1.82) is 0 Å². The predicted octanol–water partition coefficient (Wildman–Crippen LogP) is 3.26. The predicted molar refractivity (Wildman–Crippen MR) is 83.3 cm³/mol. The summed E-state index contributed by atoms with van der Waals surface area (Å²) in [6.07, 6.45) is 0. The molecule has 0 aromatic heterocycles. The summed E-state index contributed by atoms with van der Waals surface area (Å²) in [5.74, 6) is 1.52. The molecule has 4 nitrogen and oxygen atoms in total. The molecular formula is C13H19ClN2O2S. The fourth-order valence-corrected chi connectivity index (χ4v) is 2.58. The molecule has 19 heavy (non-hydrogen) atoms. The van der Waals surface area contributed by atoms with E-state index in [2.05, 4.69) is 12.2 Å². The molecule has 0 aliphatic rings. The summed E-state index contributed by atoms with van der Waals surface area (Å²) in [6.45, 7) is 4.14. The van der Waals surface area contributed by atoms with Crippen molar-refractivity contribution in [1.82, 2.24) is 0 Å². The number of halogens is 1. The summed E-state index contributed by atoms with van der Waals surface area (Å²) in [4.78, 5) is 11.8.